The van der Waals surface area contributed by atoms with Crippen molar-refractivity contribution in [2.75, 3.05) is 0 Å². The Hall–Kier alpha value is 0.490. The van der Waals surface area contributed by atoms with Crippen molar-refractivity contribution >= 4 is 39.4 Å². The molecule has 0 rings (SSSR count). The van der Waals surface area contributed by atoms with Crippen LogP contribution in [0.3, 0.4) is 0 Å². The van der Waals surface area contributed by atoms with Crippen molar-refractivity contribution in [3.8, 4) is 0 Å². The lowest BCUT2D eigenvalue weighted by Crippen LogP contribution is -1.69. The number of rotatable bonds is 2. The van der Waals surface area contributed by atoms with Crippen molar-refractivity contribution in [1.29, 1.82) is 0 Å². The minimum atomic E-state index is 0.947. The van der Waals surface area contributed by atoms with Crippen molar-refractivity contribution in [1.82, 2.24) is 0 Å². The molecule has 0 aromatic heterocycles. The van der Waals surface area contributed by atoms with Crippen LogP contribution in [0.15, 0.2) is 16.1 Å². The fourth-order valence-corrected chi connectivity index (χ4v) is 0.886. The largest absolute Gasteiger partial charge is 0.254 e. The molecule has 0 amide bonds. The summed E-state index contributed by atoms with van der Waals surface area (Å²) in [5.41, 5.74) is 1.02. The van der Waals surface area contributed by atoms with Gasteiger partial charge >= 0.3 is 0 Å². The highest BCUT2D eigenvalue weighted by molar-refractivity contribution is 14.1. The molecule has 46 valence electrons. The van der Waals surface area contributed by atoms with E-state index >= 15 is 0 Å². The van der Waals surface area contributed by atoms with Gasteiger partial charge in [0, 0.05) is 5.70 Å². The molecule has 8 heavy (non-hydrogen) atoms. The summed E-state index contributed by atoms with van der Waals surface area (Å²) in [6.45, 7) is 2.05. The standard InChI is InChI=1S/C5H8INS/c1-2-5(3-8)7-4-6/h3-4,8H,2H2,1H3/b5-3-,7-4?. The molecule has 0 N–H and O–H groups in total. The van der Waals surface area contributed by atoms with E-state index in [0.29, 0.717) is 0 Å². The third-order valence-corrected chi connectivity index (χ3v) is 1.30. The maximum Gasteiger partial charge on any atom is 0.0654 e. The van der Waals surface area contributed by atoms with Crippen molar-refractivity contribution in [3.63, 3.8) is 0 Å². The number of halogens is 1. The van der Waals surface area contributed by atoms with Gasteiger partial charge in [0.05, 0.1) is 4.22 Å². The maximum atomic E-state index is 4.01. The summed E-state index contributed by atoms with van der Waals surface area (Å²) in [5.74, 6) is 0. The molecule has 0 saturated carbocycles. The first-order valence-corrected chi connectivity index (χ1v) is 4.07. The van der Waals surface area contributed by atoms with Gasteiger partial charge in [-0.1, -0.05) is 6.92 Å². The molecule has 0 spiro atoms. The predicted molar refractivity (Wildman–Crippen MR) is 49.9 cm³/mol. The van der Waals surface area contributed by atoms with Crippen LogP contribution in [0.4, 0.5) is 0 Å². The molecule has 0 unspecified atom stereocenters. The van der Waals surface area contributed by atoms with Gasteiger partial charge in [-0.2, -0.15) is 0 Å². The molecule has 0 bridgehead atoms. The van der Waals surface area contributed by atoms with Gasteiger partial charge in [-0.05, 0) is 34.4 Å². The van der Waals surface area contributed by atoms with E-state index in [9.17, 15) is 0 Å². The Balaban J connectivity index is 3.72. The Bertz CT molecular complexity index is 106. The SMILES string of the molecule is CC/C(=C/S)N=CI. The third-order valence-electron chi connectivity index (χ3n) is 0.726. The van der Waals surface area contributed by atoms with E-state index in [1.165, 1.54) is 0 Å². The van der Waals surface area contributed by atoms with Gasteiger partial charge in [-0.3, -0.25) is 4.99 Å². The second-order valence-corrected chi connectivity index (χ2v) is 2.02. The highest BCUT2D eigenvalue weighted by atomic mass is 127. The average Bonchev–Trinajstić information content (AvgIpc) is 1.83. The number of hydrogen-bond donors (Lipinski definition) is 1. The average molecular weight is 241 g/mol. The van der Waals surface area contributed by atoms with Gasteiger partial charge in [0.2, 0.25) is 0 Å². The summed E-state index contributed by atoms with van der Waals surface area (Å²) in [6.07, 6.45) is 0.947. The van der Waals surface area contributed by atoms with Crippen LogP contribution in [0.25, 0.3) is 0 Å². The zero-order valence-corrected chi connectivity index (χ0v) is 7.69. The van der Waals surface area contributed by atoms with Crippen molar-refractivity contribution in [2.45, 2.75) is 13.3 Å². The Morgan fingerprint density at radius 3 is 2.62 bits per heavy atom. The van der Waals surface area contributed by atoms with Gasteiger partial charge in [-0.15, -0.1) is 12.6 Å². The summed E-state index contributed by atoms with van der Waals surface area (Å²) in [6, 6.07) is 0. The van der Waals surface area contributed by atoms with E-state index in [4.69, 9.17) is 0 Å². The molecule has 0 radical (unpaired) electrons. The van der Waals surface area contributed by atoms with Gasteiger partial charge in [0.15, 0.2) is 0 Å². The number of aliphatic imine (C=N–C) groups is 1. The Morgan fingerprint density at radius 1 is 1.88 bits per heavy atom. The number of thiol groups is 1. The van der Waals surface area contributed by atoms with E-state index in [1.807, 2.05) is 6.92 Å². The summed E-state index contributed by atoms with van der Waals surface area (Å²) in [7, 11) is 0. The highest BCUT2D eigenvalue weighted by Gasteiger charge is 1.81. The fraction of sp³-hybridized carbons (Fsp3) is 0.400. The minimum absolute atomic E-state index is 0.947. The first-order valence-electron chi connectivity index (χ1n) is 2.31. The molecular formula is C5H8INS. The van der Waals surface area contributed by atoms with E-state index in [0.717, 1.165) is 12.1 Å². The molecule has 1 nitrogen and oxygen atoms in total. The Labute approximate surface area is 68.8 Å². The van der Waals surface area contributed by atoms with Crippen LogP contribution in [0.2, 0.25) is 0 Å². The molecule has 0 saturated heterocycles. The first-order chi connectivity index (χ1) is 3.85. The van der Waals surface area contributed by atoms with Crippen LogP contribution in [0, 0.1) is 0 Å². The van der Waals surface area contributed by atoms with Crippen LogP contribution in [0.5, 0.6) is 0 Å². The summed E-state index contributed by atoms with van der Waals surface area (Å²) in [5, 5.41) is 1.72. The zero-order valence-electron chi connectivity index (χ0n) is 4.63. The van der Waals surface area contributed by atoms with Crippen LogP contribution in [-0.2, 0) is 0 Å². The lowest BCUT2D eigenvalue weighted by molar-refractivity contribution is 1.08. The number of nitrogens with zero attached hydrogens (tertiary/aromatic N) is 1. The van der Waals surface area contributed by atoms with E-state index in [2.05, 4.69) is 40.2 Å². The predicted octanol–water partition coefficient (Wildman–Crippen LogP) is 2.63. The number of hydrogen-bond acceptors (Lipinski definition) is 2. The molecule has 0 aromatic carbocycles. The van der Waals surface area contributed by atoms with E-state index < -0.39 is 0 Å². The lowest BCUT2D eigenvalue weighted by Gasteiger charge is -1.88. The normalized spacial score (nSPS) is 13.1. The molecular weight excluding hydrogens is 233 g/mol. The molecule has 0 aromatic rings. The van der Waals surface area contributed by atoms with Crippen molar-refractivity contribution < 1.29 is 0 Å². The Morgan fingerprint density at radius 2 is 2.50 bits per heavy atom. The van der Waals surface area contributed by atoms with Crippen molar-refractivity contribution in [3.05, 3.63) is 11.1 Å². The van der Waals surface area contributed by atoms with E-state index in [1.54, 1.807) is 9.63 Å². The minimum Gasteiger partial charge on any atom is -0.254 e. The molecule has 0 fully saturated rings. The zero-order chi connectivity index (χ0) is 6.41. The molecule has 0 aliphatic heterocycles. The van der Waals surface area contributed by atoms with Crippen LogP contribution >= 0.6 is 35.2 Å². The molecule has 0 atom stereocenters. The fourth-order valence-electron chi connectivity index (χ4n) is 0.279. The van der Waals surface area contributed by atoms with Crippen molar-refractivity contribution in [2.24, 2.45) is 4.99 Å². The molecule has 0 aliphatic carbocycles. The van der Waals surface area contributed by atoms with Gasteiger partial charge < -0.3 is 0 Å². The third kappa shape index (κ3) is 3.49. The van der Waals surface area contributed by atoms with Crippen LogP contribution in [0.1, 0.15) is 13.3 Å². The Kier molecular flexibility index (Phi) is 5.97. The smallest absolute Gasteiger partial charge is 0.0654 e. The monoisotopic (exact) mass is 241 g/mol. The maximum absolute atomic E-state index is 4.01. The second-order valence-electron chi connectivity index (χ2n) is 1.20. The molecule has 3 heteroatoms. The summed E-state index contributed by atoms with van der Waals surface area (Å²) >= 11 is 6.03. The first kappa shape index (κ1) is 8.49. The summed E-state index contributed by atoms with van der Waals surface area (Å²) < 4.78 is 1.74. The van der Waals surface area contributed by atoms with Gasteiger partial charge in [-0.25, -0.2) is 0 Å². The second kappa shape index (κ2) is 5.62. The van der Waals surface area contributed by atoms with Crippen LogP contribution < -0.4 is 0 Å². The lowest BCUT2D eigenvalue weighted by atomic mass is 10.4. The molecule has 0 aliphatic rings. The number of allylic oxidation sites excluding steroid dienone is 1. The quantitative estimate of drug-likeness (QED) is 0.433. The highest BCUT2D eigenvalue weighted by Crippen LogP contribution is 2.02. The molecule has 0 heterocycles. The summed E-state index contributed by atoms with van der Waals surface area (Å²) in [4.78, 5) is 4.01. The van der Waals surface area contributed by atoms with Gasteiger partial charge in [0.25, 0.3) is 0 Å². The van der Waals surface area contributed by atoms with E-state index in [-0.39, 0.29) is 0 Å². The van der Waals surface area contributed by atoms with Gasteiger partial charge in [0.1, 0.15) is 0 Å². The van der Waals surface area contributed by atoms with Crippen LogP contribution in [-0.4, -0.2) is 4.22 Å². The topological polar surface area (TPSA) is 12.4 Å².